The zero-order chi connectivity index (χ0) is 45.6. The lowest BCUT2D eigenvalue weighted by Crippen LogP contribution is -2.48. The standard InChI is InChI=1S/C53H51N7O6/c1-65-52(63)57-47(39-15-8-4-9-16-39)50(61)59-30-12-19-46(59)49-55-33-43(56-49)37-26-24-35(25-27-37)34-20-22-36(23-21-34)41-31-42(54-32-41)45-29-28-44(38-13-6-3-7-14-38)60(45)51(62)48(58-53(64)66-2)40-17-10-5-11-18-40/h3-11,13-18,20-27,32-33,44-48H,12,19,28-31H2,1-2H3,(H,55,56)(H,57,63)(H,58,64)/t44-,45+,46?,47-,48-/m1/s1. The number of carbonyl (C=O) groups excluding carboxylic acids is 4. The zero-order valence-corrected chi connectivity index (χ0v) is 36.8. The number of aromatic nitrogens is 2. The summed E-state index contributed by atoms with van der Waals surface area (Å²) in [5.41, 5.74) is 9.36. The van der Waals surface area contributed by atoms with Crippen LogP contribution in [-0.4, -0.2) is 76.3 Å². The molecule has 1 aromatic heterocycles. The number of benzene rings is 5. The van der Waals surface area contributed by atoms with E-state index in [2.05, 4.69) is 64.1 Å². The van der Waals surface area contributed by atoms with Crippen molar-refractivity contribution in [1.82, 2.24) is 30.4 Å². The maximum Gasteiger partial charge on any atom is 0.407 e. The maximum atomic E-state index is 14.7. The fourth-order valence-corrected chi connectivity index (χ4v) is 9.50. The summed E-state index contributed by atoms with van der Waals surface area (Å²) < 4.78 is 9.79. The molecule has 13 heteroatoms. The van der Waals surface area contributed by atoms with Crippen molar-refractivity contribution >= 4 is 35.3 Å². The van der Waals surface area contributed by atoms with E-state index in [0.29, 0.717) is 29.9 Å². The van der Waals surface area contributed by atoms with Gasteiger partial charge in [-0.05, 0) is 70.2 Å². The molecular formula is C53H51N7O6. The van der Waals surface area contributed by atoms with Crippen molar-refractivity contribution in [3.05, 3.63) is 180 Å². The van der Waals surface area contributed by atoms with E-state index in [1.165, 1.54) is 14.2 Å². The molecule has 334 valence electrons. The van der Waals surface area contributed by atoms with Crippen LogP contribution in [0.5, 0.6) is 0 Å². The first-order valence-corrected chi connectivity index (χ1v) is 22.3. The van der Waals surface area contributed by atoms with Crippen LogP contribution >= 0.6 is 0 Å². The van der Waals surface area contributed by atoms with Gasteiger partial charge in [0.1, 0.15) is 17.9 Å². The van der Waals surface area contributed by atoms with Crippen molar-refractivity contribution in [3.63, 3.8) is 0 Å². The zero-order valence-electron chi connectivity index (χ0n) is 36.8. The molecule has 6 aromatic rings. The number of nitrogens with one attached hydrogen (secondary N) is 3. The highest BCUT2D eigenvalue weighted by Crippen LogP contribution is 2.42. The quantitative estimate of drug-likeness (QED) is 0.110. The van der Waals surface area contributed by atoms with Crippen molar-refractivity contribution < 1.29 is 28.7 Å². The molecule has 1 unspecified atom stereocenters. The summed E-state index contributed by atoms with van der Waals surface area (Å²) in [6, 6.07) is 42.7. The van der Waals surface area contributed by atoms with Crippen LogP contribution in [0.2, 0.25) is 0 Å². The van der Waals surface area contributed by atoms with Gasteiger partial charge in [-0.15, -0.1) is 0 Å². The van der Waals surface area contributed by atoms with E-state index in [9.17, 15) is 19.2 Å². The van der Waals surface area contributed by atoms with Crippen LogP contribution in [-0.2, 0) is 19.1 Å². The number of H-pyrrole nitrogens is 1. The Labute approximate surface area is 383 Å². The van der Waals surface area contributed by atoms with Crippen LogP contribution < -0.4 is 10.6 Å². The van der Waals surface area contributed by atoms with Crippen LogP contribution in [0, 0.1) is 0 Å². The molecule has 0 bridgehead atoms. The van der Waals surface area contributed by atoms with Crippen LogP contribution in [0.15, 0.2) is 157 Å². The lowest BCUT2D eigenvalue weighted by atomic mass is 9.96. The van der Waals surface area contributed by atoms with Gasteiger partial charge in [0.15, 0.2) is 0 Å². The Morgan fingerprint density at radius 3 is 1.74 bits per heavy atom. The largest absolute Gasteiger partial charge is 0.453 e. The van der Waals surface area contributed by atoms with Gasteiger partial charge >= 0.3 is 12.2 Å². The Balaban J connectivity index is 0.869. The lowest BCUT2D eigenvalue weighted by Gasteiger charge is -2.34. The molecule has 0 saturated carbocycles. The van der Waals surface area contributed by atoms with Gasteiger partial charge in [0.25, 0.3) is 11.8 Å². The maximum absolute atomic E-state index is 14.7. The number of amides is 4. The summed E-state index contributed by atoms with van der Waals surface area (Å²) >= 11 is 0. The number of hydrogen-bond acceptors (Lipinski definition) is 8. The molecule has 0 spiro atoms. The van der Waals surface area contributed by atoms with Crippen molar-refractivity contribution in [2.24, 2.45) is 4.99 Å². The molecule has 2 saturated heterocycles. The fraction of sp³-hybridized carbons (Fsp3) is 0.245. The van der Waals surface area contributed by atoms with Gasteiger partial charge in [-0.2, -0.15) is 0 Å². The van der Waals surface area contributed by atoms with E-state index in [1.54, 1.807) is 11.1 Å². The molecule has 3 aliphatic heterocycles. The minimum atomic E-state index is -0.934. The van der Waals surface area contributed by atoms with Gasteiger partial charge in [0, 0.05) is 24.9 Å². The summed E-state index contributed by atoms with van der Waals surface area (Å²) in [4.78, 5) is 70.4. The second kappa shape index (κ2) is 19.5. The molecule has 4 heterocycles. The summed E-state index contributed by atoms with van der Waals surface area (Å²) in [6.45, 7) is 0.549. The van der Waals surface area contributed by atoms with Gasteiger partial charge in [0.05, 0.1) is 44.2 Å². The predicted molar refractivity (Wildman–Crippen MR) is 252 cm³/mol. The molecule has 2 fully saturated rings. The molecule has 3 N–H and O–H groups in total. The SMILES string of the molecule is COC(=O)N[C@@H](C(=O)N1CCCC1c1ncc(-c2ccc(-c3ccc(C4=CN=C([C@@H]5CC[C@H](c6ccccc6)N5C(=O)[C@H](NC(=O)OC)c5ccccc5)C4)cc3)cc2)[nH]1)c1ccccc1. The number of rotatable bonds is 12. The van der Waals surface area contributed by atoms with Gasteiger partial charge in [0.2, 0.25) is 0 Å². The predicted octanol–water partition coefficient (Wildman–Crippen LogP) is 9.52. The number of alkyl carbamates (subject to hydrolysis) is 2. The highest BCUT2D eigenvalue weighted by Gasteiger charge is 2.44. The van der Waals surface area contributed by atoms with E-state index >= 15 is 0 Å². The summed E-state index contributed by atoms with van der Waals surface area (Å²) in [5, 5.41) is 5.52. The number of methoxy groups -OCH3 is 2. The number of imidazole rings is 1. The smallest absolute Gasteiger partial charge is 0.407 e. The number of aliphatic imine (C=N–C) groups is 1. The average molecular weight is 882 g/mol. The van der Waals surface area contributed by atoms with Gasteiger partial charge in [-0.25, -0.2) is 14.6 Å². The van der Waals surface area contributed by atoms with Crippen LogP contribution in [0.4, 0.5) is 9.59 Å². The second-order valence-electron chi connectivity index (χ2n) is 16.7. The molecule has 5 aromatic carbocycles. The molecule has 9 rings (SSSR count). The monoisotopic (exact) mass is 881 g/mol. The Hall–Kier alpha value is -7.80. The van der Waals surface area contributed by atoms with Crippen molar-refractivity contribution in [3.8, 4) is 22.4 Å². The van der Waals surface area contributed by atoms with Gasteiger partial charge < -0.3 is 34.9 Å². The van der Waals surface area contributed by atoms with Crippen LogP contribution in [0.1, 0.15) is 84.3 Å². The van der Waals surface area contributed by atoms with Crippen LogP contribution in [0.3, 0.4) is 0 Å². The minimum absolute atomic E-state index is 0.188. The summed E-state index contributed by atoms with van der Waals surface area (Å²) in [7, 11) is 2.58. The van der Waals surface area contributed by atoms with Crippen molar-refractivity contribution in [2.45, 2.75) is 62.3 Å². The Kier molecular flexibility index (Phi) is 12.9. The molecule has 0 radical (unpaired) electrons. The van der Waals surface area contributed by atoms with E-state index in [-0.39, 0.29) is 29.9 Å². The highest BCUT2D eigenvalue weighted by atomic mass is 16.5. The molecule has 5 atom stereocenters. The number of carbonyl (C=O) groups is 4. The van der Waals surface area contributed by atoms with E-state index in [1.807, 2.05) is 102 Å². The number of ether oxygens (including phenoxy) is 2. The first-order valence-electron chi connectivity index (χ1n) is 22.3. The van der Waals surface area contributed by atoms with E-state index < -0.39 is 24.3 Å². The molecule has 66 heavy (non-hydrogen) atoms. The van der Waals surface area contributed by atoms with Crippen molar-refractivity contribution in [2.75, 3.05) is 20.8 Å². The third kappa shape index (κ3) is 9.10. The topological polar surface area (TPSA) is 158 Å². The first-order chi connectivity index (χ1) is 32.3. The lowest BCUT2D eigenvalue weighted by molar-refractivity contribution is -0.136. The Bertz CT molecular complexity index is 2740. The molecular weight excluding hydrogens is 831 g/mol. The first kappa shape index (κ1) is 43.5. The Morgan fingerprint density at radius 1 is 0.621 bits per heavy atom. The molecule has 13 nitrogen and oxygen atoms in total. The molecule has 0 aliphatic carbocycles. The number of likely N-dealkylation sites (tertiary alicyclic amines) is 2. The minimum Gasteiger partial charge on any atom is -0.453 e. The number of nitrogens with zero attached hydrogens (tertiary/aromatic N) is 4. The van der Waals surface area contributed by atoms with E-state index in [4.69, 9.17) is 19.5 Å². The fourth-order valence-electron chi connectivity index (χ4n) is 9.50. The number of hydrogen-bond donors (Lipinski definition) is 3. The third-order valence-corrected chi connectivity index (χ3v) is 12.9. The normalized spacial score (nSPS) is 18.8. The summed E-state index contributed by atoms with van der Waals surface area (Å²) in [5.74, 6) is 0.273. The molecule has 3 aliphatic rings. The van der Waals surface area contributed by atoms with Crippen molar-refractivity contribution in [1.29, 1.82) is 0 Å². The summed E-state index contributed by atoms with van der Waals surface area (Å²) in [6.07, 6.45) is 6.03. The van der Waals surface area contributed by atoms with Gasteiger partial charge in [-0.1, -0.05) is 140 Å². The number of allylic oxidation sites excluding steroid dienone is 1. The highest BCUT2D eigenvalue weighted by molar-refractivity contribution is 6.04. The number of aromatic amines is 1. The molecule has 4 amide bonds. The second-order valence-corrected chi connectivity index (χ2v) is 16.7. The third-order valence-electron chi connectivity index (χ3n) is 12.9. The average Bonchev–Trinajstić information content (AvgIpc) is 4.23. The van der Waals surface area contributed by atoms with E-state index in [0.717, 1.165) is 70.5 Å². The Morgan fingerprint density at radius 2 is 1.15 bits per heavy atom. The van der Waals surface area contributed by atoms with Crippen LogP contribution in [0.25, 0.3) is 28.0 Å². The van der Waals surface area contributed by atoms with Gasteiger partial charge in [-0.3, -0.25) is 14.6 Å².